The maximum Gasteiger partial charge on any atom is 0.494 e. The first-order valence-electron chi connectivity index (χ1n) is 9.20. The summed E-state index contributed by atoms with van der Waals surface area (Å²) < 4.78 is 25.5. The number of anilines is 1. The predicted molar refractivity (Wildman–Crippen MR) is 108 cm³/mol. The Bertz CT molecular complexity index is 1040. The lowest BCUT2D eigenvalue weighted by Crippen LogP contribution is -2.41. The van der Waals surface area contributed by atoms with Crippen LogP contribution in [0.3, 0.4) is 0 Å². The number of nitrogens with one attached hydrogen (secondary N) is 2. The fraction of sp³-hybridized carbons (Fsp3) is 0.286. The molecular formula is C21H22BFN2O3. The van der Waals surface area contributed by atoms with E-state index in [1.807, 2.05) is 45.9 Å². The first kappa shape index (κ1) is 18.7. The van der Waals surface area contributed by atoms with Crippen LogP contribution in [0.25, 0.3) is 10.9 Å². The van der Waals surface area contributed by atoms with E-state index in [1.165, 1.54) is 12.1 Å². The number of hydrogen-bond acceptors (Lipinski definition) is 3. The zero-order valence-electron chi connectivity index (χ0n) is 16.3. The van der Waals surface area contributed by atoms with Crippen LogP contribution in [0.4, 0.5) is 10.1 Å². The molecule has 1 amide bonds. The van der Waals surface area contributed by atoms with E-state index in [2.05, 4.69) is 10.3 Å². The molecular weight excluding hydrogens is 358 g/mol. The van der Waals surface area contributed by atoms with Crippen molar-refractivity contribution in [3.05, 3.63) is 60.0 Å². The van der Waals surface area contributed by atoms with Crippen molar-refractivity contribution in [3.63, 3.8) is 0 Å². The molecule has 144 valence electrons. The van der Waals surface area contributed by atoms with E-state index in [-0.39, 0.29) is 5.91 Å². The van der Waals surface area contributed by atoms with Gasteiger partial charge in [-0.1, -0.05) is 18.2 Å². The van der Waals surface area contributed by atoms with E-state index in [9.17, 15) is 9.18 Å². The van der Waals surface area contributed by atoms with Crippen molar-refractivity contribution in [1.29, 1.82) is 0 Å². The average Bonchev–Trinajstić information content (AvgIpc) is 3.12. The van der Waals surface area contributed by atoms with Crippen molar-refractivity contribution in [2.75, 3.05) is 5.32 Å². The Morgan fingerprint density at radius 3 is 2.43 bits per heavy atom. The molecule has 1 aromatic heterocycles. The van der Waals surface area contributed by atoms with Crippen LogP contribution in [0.5, 0.6) is 0 Å². The number of aromatic amines is 1. The van der Waals surface area contributed by atoms with Gasteiger partial charge in [0.05, 0.1) is 11.2 Å². The van der Waals surface area contributed by atoms with Crippen molar-refractivity contribution in [2.45, 2.75) is 38.9 Å². The molecule has 1 saturated heterocycles. The Morgan fingerprint density at radius 2 is 1.75 bits per heavy atom. The van der Waals surface area contributed by atoms with Gasteiger partial charge in [-0.05, 0) is 68.9 Å². The maximum atomic E-state index is 13.3. The summed E-state index contributed by atoms with van der Waals surface area (Å²) in [5, 5.41) is 3.56. The summed E-state index contributed by atoms with van der Waals surface area (Å²) in [6.45, 7) is 8.04. The van der Waals surface area contributed by atoms with E-state index < -0.39 is 24.1 Å². The molecule has 0 bridgehead atoms. The first-order chi connectivity index (χ1) is 13.1. The third-order valence-corrected chi connectivity index (χ3v) is 5.50. The minimum atomic E-state index is -0.464. The lowest BCUT2D eigenvalue weighted by molar-refractivity contribution is 0.00578. The summed E-state index contributed by atoms with van der Waals surface area (Å²) in [5.74, 6) is -0.736. The smallest absolute Gasteiger partial charge is 0.399 e. The van der Waals surface area contributed by atoms with Gasteiger partial charge in [0.15, 0.2) is 0 Å². The third-order valence-electron chi connectivity index (χ3n) is 5.50. The number of carbonyl (C=O) groups excluding carboxylic acids is 1. The normalized spacial score (nSPS) is 17.8. The van der Waals surface area contributed by atoms with Gasteiger partial charge in [-0.2, -0.15) is 0 Å². The molecule has 2 heterocycles. The van der Waals surface area contributed by atoms with Gasteiger partial charge in [0, 0.05) is 11.2 Å². The molecule has 3 aromatic rings. The van der Waals surface area contributed by atoms with Gasteiger partial charge < -0.3 is 19.6 Å². The number of hydrogen-bond donors (Lipinski definition) is 2. The Labute approximate surface area is 163 Å². The van der Waals surface area contributed by atoms with Crippen LogP contribution in [0.15, 0.2) is 48.5 Å². The predicted octanol–water partition coefficient (Wildman–Crippen LogP) is 3.86. The molecule has 4 rings (SSSR count). The third kappa shape index (κ3) is 3.32. The Kier molecular flexibility index (Phi) is 4.32. The van der Waals surface area contributed by atoms with Gasteiger partial charge in [0.2, 0.25) is 0 Å². The van der Waals surface area contributed by atoms with Gasteiger partial charge in [-0.15, -0.1) is 0 Å². The monoisotopic (exact) mass is 380 g/mol. The Morgan fingerprint density at radius 1 is 1.04 bits per heavy atom. The SMILES string of the molecule is CC1(C)OB(c2ccc3[nH]c(C(=O)Nc4cccc(F)c4)cc3c2)OC1(C)C. The van der Waals surface area contributed by atoms with E-state index in [0.29, 0.717) is 11.4 Å². The van der Waals surface area contributed by atoms with Gasteiger partial charge in [-0.25, -0.2) is 4.39 Å². The van der Waals surface area contributed by atoms with Crippen LogP contribution >= 0.6 is 0 Å². The molecule has 0 atom stereocenters. The number of carbonyl (C=O) groups is 1. The average molecular weight is 380 g/mol. The van der Waals surface area contributed by atoms with E-state index in [0.717, 1.165) is 16.4 Å². The molecule has 0 saturated carbocycles. The number of halogens is 1. The molecule has 0 spiro atoms. The van der Waals surface area contributed by atoms with Gasteiger partial charge >= 0.3 is 7.12 Å². The molecule has 1 aliphatic heterocycles. The van der Waals surface area contributed by atoms with Crippen molar-refractivity contribution >= 4 is 35.1 Å². The molecule has 28 heavy (non-hydrogen) atoms. The van der Waals surface area contributed by atoms with Crippen LogP contribution in [0, 0.1) is 5.82 Å². The van der Waals surface area contributed by atoms with Crippen LogP contribution in [-0.4, -0.2) is 29.2 Å². The van der Waals surface area contributed by atoms with Crippen molar-refractivity contribution < 1.29 is 18.5 Å². The van der Waals surface area contributed by atoms with Crippen LogP contribution < -0.4 is 10.8 Å². The highest BCUT2D eigenvalue weighted by molar-refractivity contribution is 6.62. The lowest BCUT2D eigenvalue weighted by Gasteiger charge is -2.32. The van der Waals surface area contributed by atoms with Crippen molar-refractivity contribution in [2.24, 2.45) is 0 Å². The number of amides is 1. The fourth-order valence-corrected chi connectivity index (χ4v) is 3.16. The van der Waals surface area contributed by atoms with Crippen LogP contribution in [0.1, 0.15) is 38.2 Å². The maximum absolute atomic E-state index is 13.3. The number of fused-ring (bicyclic) bond motifs is 1. The number of H-pyrrole nitrogens is 1. The second-order valence-electron chi connectivity index (χ2n) is 8.08. The van der Waals surface area contributed by atoms with Crippen molar-refractivity contribution in [3.8, 4) is 0 Å². The summed E-state index contributed by atoms with van der Waals surface area (Å²) in [7, 11) is -0.464. The number of rotatable bonds is 3. The van der Waals surface area contributed by atoms with E-state index in [4.69, 9.17) is 9.31 Å². The standard InChI is InChI=1S/C21H22BFN2O3/c1-20(2)21(3,4)28-22(27-20)14-8-9-17-13(10-14)11-18(25-17)19(26)24-16-7-5-6-15(23)12-16/h5-12,25H,1-4H3,(H,24,26). The zero-order chi connectivity index (χ0) is 20.1. The Hall–Kier alpha value is -2.64. The molecule has 7 heteroatoms. The van der Waals surface area contributed by atoms with Gasteiger partial charge in [-0.3, -0.25) is 4.79 Å². The molecule has 2 aromatic carbocycles. The molecule has 0 unspecified atom stereocenters. The molecule has 1 aliphatic rings. The molecule has 2 N–H and O–H groups in total. The lowest BCUT2D eigenvalue weighted by atomic mass is 9.79. The first-order valence-corrected chi connectivity index (χ1v) is 9.20. The number of benzene rings is 2. The quantitative estimate of drug-likeness (QED) is 0.679. The summed E-state index contributed by atoms with van der Waals surface area (Å²) in [6, 6.07) is 13.3. The van der Waals surface area contributed by atoms with Crippen molar-refractivity contribution in [1.82, 2.24) is 4.98 Å². The molecule has 0 radical (unpaired) electrons. The molecule has 0 aliphatic carbocycles. The summed E-state index contributed by atoms with van der Waals surface area (Å²) in [5.41, 5.74) is 1.68. The highest BCUT2D eigenvalue weighted by Crippen LogP contribution is 2.36. The largest absolute Gasteiger partial charge is 0.494 e. The Balaban J connectivity index is 1.58. The topological polar surface area (TPSA) is 63.4 Å². The second-order valence-corrected chi connectivity index (χ2v) is 8.08. The van der Waals surface area contributed by atoms with Gasteiger partial charge in [0.1, 0.15) is 11.5 Å². The van der Waals surface area contributed by atoms with Crippen LogP contribution in [-0.2, 0) is 9.31 Å². The summed E-state index contributed by atoms with van der Waals surface area (Å²) >= 11 is 0. The number of aromatic nitrogens is 1. The minimum absolute atomic E-state index is 0.334. The zero-order valence-corrected chi connectivity index (χ0v) is 16.3. The van der Waals surface area contributed by atoms with Gasteiger partial charge in [0.25, 0.3) is 5.91 Å². The van der Waals surface area contributed by atoms with E-state index in [1.54, 1.807) is 18.2 Å². The second kappa shape index (κ2) is 6.46. The minimum Gasteiger partial charge on any atom is -0.399 e. The highest BCUT2D eigenvalue weighted by Gasteiger charge is 2.51. The van der Waals surface area contributed by atoms with Crippen LogP contribution in [0.2, 0.25) is 0 Å². The molecule has 1 fully saturated rings. The summed E-state index contributed by atoms with van der Waals surface area (Å²) in [6.07, 6.45) is 0. The van der Waals surface area contributed by atoms with E-state index >= 15 is 0 Å². The molecule has 5 nitrogen and oxygen atoms in total. The highest BCUT2D eigenvalue weighted by atomic mass is 19.1. The fourth-order valence-electron chi connectivity index (χ4n) is 3.16. The summed E-state index contributed by atoms with van der Waals surface area (Å²) in [4.78, 5) is 15.6.